The molecule has 0 aliphatic rings. The molecule has 44 heavy (non-hydrogen) atoms. The zero-order chi connectivity index (χ0) is 32.1. The number of nitrogens with one attached hydrogen (secondary N) is 3. The van der Waals surface area contributed by atoms with Crippen molar-refractivity contribution in [1.29, 1.82) is 0 Å². The van der Waals surface area contributed by atoms with Crippen molar-refractivity contribution in [3.8, 4) is 0 Å². The smallest absolute Gasteiger partial charge is 0.343 e. The summed E-state index contributed by atoms with van der Waals surface area (Å²) in [6, 6.07) is 11.4. The molecule has 0 radical (unpaired) electrons. The highest BCUT2D eigenvalue weighted by Gasteiger charge is 2.30. The lowest BCUT2D eigenvalue weighted by molar-refractivity contribution is -0.137. The number of para-hydroxylation sites is 1. The predicted molar refractivity (Wildman–Crippen MR) is 165 cm³/mol. The van der Waals surface area contributed by atoms with Crippen LogP contribution in [0.4, 0.5) is 18.9 Å². The summed E-state index contributed by atoms with van der Waals surface area (Å²) in [5.41, 5.74) is 17.9. The van der Waals surface area contributed by atoms with Crippen LogP contribution in [0.2, 0.25) is 0 Å². The number of hydrogen-bond donors (Lipinski definition) is 6. The molecule has 1 heterocycles. The van der Waals surface area contributed by atoms with Crippen LogP contribution >= 0.6 is 0 Å². The molecule has 2 amide bonds. The molecule has 0 aliphatic heterocycles. The number of amides is 2. The first-order valence-corrected chi connectivity index (χ1v) is 15.3. The number of benzene rings is 2. The largest absolute Gasteiger partial charge is 0.416 e. The quantitative estimate of drug-likeness (QED) is 0.122. The zero-order valence-electron chi connectivity index (χ0n) is 24.2. The second kappa shape index (κ2) is 17.1. The SMILES string of the molecule is NCCN(CCN)S(=O)NCCCC[C@H](N)C(=O)N[C@H](Cc1ccc(C(F)(F)F)cc1)C(=O)Nc1cnc2ccccc2c1. The molecule has 3 atom stereocenters. The lowest BCUT2D eigenvalue weighted by atomic mass is 10.0. The van der Waals surface area contributed by atoms with Gasteiger partial charge < -0.3 is 27.8 Å². The van der Waals surface area contributed by atoms with Crippen molar-refractivity contribution < 1.29 is 27.0 Å². The molecule has 0 fully saturated rings. The average Bonchev–Trinajstić information content (AvgIpc) is 3.00. The van der Waals surface area contributed by atoms with Gasteiger partial charge in [0.25, 0.3) is 0 Å². The number of carbonyl (C=O) groups excluding carboxylic acids is 2. The minimum Gasteiger partial charge on any atom is -0.343 e. The average molecular weight is 637 g/mol. The molecule has 240 valence electrons. The molecule has 0 bridgehead atoms. The number of rotatable bonds is 17. The van der Waals surface area contributed by atoms with E-state index in [2.05, 4.69) is 20.3 Å². The van der Waals surface area contributed by atoms with Gasteiger partial charge in [0.1, 0.15) is 6.04 Å². The minimum atomic E-state index is -4.50. The number of aromatic nitrogens is 1. The van der Waals surface area contributed by atoms with Gasteiger partial charge in [-0.3, -0.25) is 14.6 Å². The summed E-state index contributed by atoms with van der Waals surface area (Å²) in [7, 11) is 0. The number of alkyl halides is 3. The standard InChI is InChI=1S/C29H39F3N8O3S/c30-29(31,32)22-10-8-20(9-11-22)17-26(28(42)38-23-18-21-5-1-2-7-25(21)36-19-23)39-27(41)24(35)6-3-4-14-37-44(43)40(15-12-33)16-13-34/h1-2,5,7-11,18-19,24,26,37H,3-4,6,12-17,33-35H2,(H,38,42)(H,39,41)/t24-,26+,44?/m0/s1. The van der Waals surface area contributed by atoms with E-state index in [0.29, 0.717) is 63.2 Å². The Morgan fingerprint density at radius 2 is 1.66 bits per heavy atom. The molecule has 0 saturated heterocycles. The van der Waals surface area contributed by atoms with Crippen molar-refractivity contribution in [2.75, 3.05) is 38.0 Å². The summed E-state index contributed by atoms with van der Waals surface area (Å²) in [5.74, 6) is -1.16. The van der Waals surface area contributed by atoms with Gasteiger partial charge in [-0.2, -0.15) is 13.2 Å². The van der Waals surface area contributed by atoms with Crippen molar-refractivity contribution in [2.24, 2.45) is 17.2 Å². The normalized spacial score (nSPS) is 13.9. The molecule has 3 rings (SSSR count). The minimum absolute atomic E-state index is 0.0682. The Labute approximate surface area is 256 Å². The molecule has 2 aromatic carbocycles. The summed E-state index contributed by atoms with van der Waals surface area (Å²) in [4.78, 5) is 30.6. The van der Waals surface area contributed by atoms with Crippen molar-refractivity contribution >= 4 is 39.6 Å². The Hall–Kier alpha value is -3.47. The Morgan fingerprint density at radius 3 is 2.32 bits per heavy atom. The number of halogens is 3. The maximum Gasteiger partial charge on any atom is 0.416 e. The first-order valence-electron chi connectivity index (χ1n) is 14.2. The molecule has 15 heteroatoms. The van der Waals surface area contributed by atoms with Gasteiger partial charge >= 0.3 is 6.18 Å². The van der Waals surface area contributed by atoms with Crippen LogP contribution in [0.5, 0.6) is 0 Å². The molecule has 3 aromatic rings. The van der Waals surface area contributed by atoms with E-state index in [0.717, 1.165) is 23.0 Å². The lowest BCUT2D eigenvalue weighted by Gasteiger charge is -2.21. The predicted octanol–water partition coefficient (Wildman–Crippen LogP) is 1.80. The number of pyridine rings is 1. The number of anilines is 1. The van der Waals surface area contributed by atoms with Crippen LogP contribution in [-0.2, 0) is 33.4 Å². The van der Waals surface area contributed by atoms with Gasteiger partial charge in [0.2, 0.25) is 11.8 Å². The van der Waals surface area contributed by atoms with Crippen molar-refractivity contribution in [2.45, 2.75) is 43.9 Å². The number of unbranched alkanes of at least 4 members (excludes halogenated alkanes) is 1. The van der Waals surface area contributed by atoms with Crippen LogP contribution in [0, 0.1) is 0 Å². The first-order chi connectivity index (χ1) is 21.0. The second-order valence-corrected chi connectivity index (χ2v) is 11.4. The van der Waals surface area contributed by atoms with E-state index in [1.54, 1.807) is 10.4 Å². The highest BCUT2D eigenvalue weighted by atomic mass is 32.2. The Balaban J connectivity index is 1.61. The number of hydrogen-bond acceptors (Lipinski definition) is 7. The first kappa shape index (κ1) is 35.0. The third-order valence-corrected chi connectivity index (χ3v) is 7.99. The lowest BCUT2D eigenvalue weighted by Crippen LogP contribution is -2.51. The fourth-order valence-corrected chi connectivity index (χ4v) is 5.40. The van der Waals surface area contributed by atoms with E-state index in [9.17, 15) is 27.0 Å². The highest BCUT2D eigenvalue weighted by molar-refractivity contribution is 7.80. The van der Waals surface area contributed by atoms with E-state index in [4.69, 9.17) is 17.2 Å². The molecule has 1 unspecified atom stereocenters. The number of carbonyl (C=O) groups is 2. The maximum atomic E-state index is 13.3. The Kier molecular flexibility index (Phi) is 13.6. The van der Waals surface area contributed by atoms with Gasteiger partial charge in [0.15, 0.2) is 11.2 Å². The summed E-state index contributed by atoms with van der Waals surface area (Å²) in [6.45, 7) is 1.95. The maximum absolute atomic E-state index is 13.3. The molecular weight excluding hydrogens is 597 g/mol. The summed E-state index contributed by atoms with van der Waals surface area (Å²) in [6.07, 6.45) is -1.69. The molecule has 11 nitrogen and oxygen atoms in total. The molecular formula is C29H39F3N8O3S. The van der Waals surface area contributed by atoms with Crippen LogP contribution in [0.25, 0.3) is 10.9 Å². The van der Waals surface area contributed by atoms with Crippen LogP contribution in [0.15, 0.2) is 60.8 Å². The van der Waals surface area contributed by atoms with E-state index in [1.165, 1.54) is 18.3 Å². The van der Waals surface area contributed by atoms with E-state index in [1.807, 2.05) is 24.3 Å². The van der Waals surface area contributed by atoms with Crippen molar-refractivity contribution in [3.05, 3.63) is 71.9 Å². The van der Waals surface area contributed by atoms with E-state index in [-0.39, 0.29) is 6.42 Å². The van der Waals surface area contributed by atoms with Crippen molar-refractivity contribution in [3.63, 3.8) is 0 Å². The third-order valence-electron chi connectivity index (χ3n) is 6.71. The van der Waals surface area contributed by atoms with E-state index < -0.39 is 46.8 Å². The molecule has 9 N–H and O–H groups in total. The Bertz CT molecular complexity index is 1390. The fourth-order valence-electron chi connectivity index (χ4n) is 4.36. The number of nitrogens with zero attached hydrogens (tertiary/aromatic N) is 2. The van der Waals surface area contributed by atoms with Gasteiger partial charge in [-0.1, -0.05) is 36.8 Å². The van der Waals surface area contributed by atoms with E-state index >= 15 is 0 Å². The van der Waals surface area contributed by atoms with Crippen LogP contribution < -0.4 is 32.6 Å². The van der Waals surface area contributed by atoms with Gasteiger partial charge in [-0.05, 0) is 42.7 Å². The summed E-state index contributed by atoms with van der Waals surface area (Å²) < 4.78 is 56.0. The number of nitrogens with two attached hydrogens (primary N) is 3. The second-order valence-electron chi connectivity index (χ2n) is 10.1. The molecule has 0 saturated carbocycles. The molecule has 1 aromatic heterocycles. The van der Waals surface area contributed by atoms with Crippen LogP contribution in [-0.4, -0.2) is 70.1 Å². The molecule has 0 spiro atoms. The Morgan fingerprint density at radius 1 is 0.977 bits per heavy atom. The monoisotopic (exact) mass is 636 g/mol. The van der Waals surface area contributed by atoms with Gasteiger partial charge in [0, 0.05) is 44.5 Å². The summed E-state index contributed by atoms with van der Waals surface area (Å²) in [5, 5.41) is 6.19. The van der Waals surface area contributed by atoms with Gasteiger partial charge in [0.05, 0.1) is 29.0 Å². The topological polar surface area (TPSA) is 181 Å². The zero-order valence-corrected chi connectivity index (χ0v) is 25.0. The van der Waals surface area contributed by atoms with Gasteiger partial charge in [-0.25, -0.2) is 13.2 Å². The third kappa shape index (κ3) is 10.9. The van der Waals surface area contributed by atoms with Crippen molar-refractivity contribution in [1.82, 2.24) is 19.3 Å². The van der Waals surface area contributed by atoms with Gasteiger partial charge in [-0.15, -0.1) is 0 Å². The molecule has 0 aliphatic carbocycles. The summed E-state index contributed by atoms with van der Waals surface area (Å²) >= 11 is -1.44. The highest BCUT2D eigenvalue weighted by Crippen LogP contribution is 2.29. The number of fused-ring (bicyclic) bond motifs is 1. The van der Waals surface area contributed by atoms with Crippen LogP contribution in [0.1, 0.15) is 30.4 Å². The van der Waals surface area contributed by atoms with Crippen LogP contribution in [0.3, 0.4) is 0 Å². The fraction of sp³-hybridized carbons (Fsp3) is 0.414.